The number of aliphatic hydroxyl groups excluding tert-OH is 1. The maximum Gasteiger partial charge on any atom is 0.0973 e. The third-order valence-electron chi connectivity index (χ3n) is 4.22. The van der Waals surface area contributed by atoms with Crippen LogP contribution in [0.3, 0.4) is 0 Å². The van der Waals surface area contributed by atoms with Crippen LogP contribution >= 0.6 is 0 Å². The van der Waals surface area contributed by atoms with E-state index in [1.54, 1.807) is 0 Å². The van der Waals surface area contributed by atoms with Gasteiger partial charge >= 0.3 is 0 Å². The number of ether oxygens (including phenoxy) is 1. The summed E-state index contributed by atoms with van der Waals surface area (Å²) in [6.45, 7) is 7.05. The van der Waals surface area contributed by atoms with Crippen molar-refractivity contribution in [3.63, 3.8) is 0 Å². The van der Waals surface area contributed by atoms with Crippen LogP contribution in [0.25, 0.3) is 0 Å². The first-order chi connectivity index (χ1) is 5.52. The summed E-state index contributed by atoms with van der Waals surface area (Å²) >= 11 is 0. The monoisotopic (exact) mass is 170 g/mol. The molecule has 70 valence electrons. The van der Waals surface area contributed by atoms with E-state index in [-0.39, 0.29) is 11.0 Å². The van der Waals surface area contributed by atoms with Crippen LogP contribution in [0.2, 0.25) is 0 Å². The first-order valence-corrected chi connectivity index (χ1v) is 4.81. The van der Waals surface area contributed by atoms with E-state index in [0.29, 0.717) is 18.6 Å². The predicted molar refractivity (Wildman–Crippen MR) is 46.9 cm³/mol. The van der Waals surface area contributed by atoms with Crippen LogP contribution in [0.4, 0.5) is 0 Å². The number of hydrogen-bond donors (Lipinski definition) is 1. The number of aliphatic hydroxyl groups is 1. The predicted octanol–water partition coefficient (Wildman–Crippen LogP) is 1.57. The Bertz CT molecular complexity index is 200. The molecule has 3 atom stereocenters. The molecule has 1 N–H and O–H groups in total. The highest BCUT2D eigenvalue weighted by atomic mass is 16.6. The summed E-state index contributed by atoms with van der Waals surface area (Å²) in [5, 5.41) is 8.90. The summed E-state index contributed by atoms with van der Waals surface area (Å²) < 4.78 is 5.65. The zero-order valence-corrected chi connectivity index (χ0v) is 8.13. The molecule has 2 nitrogen and oxygen atoms in total. The summed E-state index contributed by atoms with van der Waals surface area (Å²) in [5.41, 5.74) is 0.368. The molecule has 12 heavy (non-hydrogen) atoms. The van der Waals surface area contributed by atoms with Crippen LogP contribution in [0.1, 0.15) is 33.6 Å². The summed E-state index contributed by atoms with van der Waals surface area (Å²) in [6, 6.07) is 0. The van der Waals surface area contributed by atoms with Gasteiger partial charge in [-0.2, -0.15) is 0 Å². The molecule has 0 aromatic rings. The van der Waals surface area contributed by atoms with Crippen LogP contribution in [-0.4, -0.2) is 23.4 Å². The Morgan fingerprint density at radius 3 is 2.50 bits per heavy atom. The minimum absolute atomic E-state index is 0.118. The Morgan fingerprint density at radius 1 is 1.42 bits per heavy atom. The zero-order chi connectivity index (χ0) is 8.98. The molecular weight excluding hydrogens is 152 g/mol. The van der Waals surface area contributed by atoms with Crippen molar-refractivity contribution < 1.29 is 9.84 Å². The first-order valence-electron chi connectivity index (χ1n) is 4.81. The van der Waals surface area contributed by atoms with E-state index in [1.165, 1.54) is 0 Å². The van der Waals surface area contributed by atoms with Crippen molar-refractivity contribution >= 4 is 0 Å². The topological polar surface area (TPSA) is 32.8 Å². The van der Waals surface area contributed by atoms with E-state index in [2.05, 4.69) is 20.8 Å². The molecule has 0 spiro atoms. The fraction of sp³-hybridized carbons (Fsp3) is 1.00. The lowest BCUT2D eigenvalue weighted by molar-refractivity contribution is 0.0583. The highest BCUT2D eigenvalue weighted by Crippen LogP contribution is 2.63. The Labute approximate surface area is 73.9 Å². The van der Waals surface area contributed by atoms with Crippen molar-refractivity contribution in [2.24, 2.45) is 11.3 Å². The molecule has 0 unspecified atom stereocenters. The van der Waals surface area contributed by atoms with Crippen LogP contribution in [0, 0.1) is 11.3 Å². The van der Waals surface area contributed by atoms with Gasteiger partial charge in [0.15, 0.2) is 0 Å². The Morgan fingerprint density at radius 2 is 2.08 bits per heavy atom. The molecular formula is C10H18O2. The lowest BCUT2D eigenvalue weighted by Crippen LogP contribution is -2.33. The highest BCUT2D eigenvalue weighted by molar-refractivity contribution is 5.17. The average Bonchev–Trinajstić information content (AvgIpc) is 2.58. The van der Waals surface area contributed by atoms with Gasteiger partial charge in [-0.15, -0.1) is 0 Å². The molecule has 0 aromatic heterocycles. The van der Waals surface area contributed by atoms with Crippen LogP contribution < -0.4 is 0 Å². The van der Waals surface area contributed by atoms with Crippen LogP contribution in [-0.2, 0) is 4.74 Å². The molecule has 1 saturated heterocycles. The number of rotatable bonds is 2. The second-order valence-electron chi connectivity index (χ2n) is 4.88. The van der Waals surface area contributed by atoms with Crippen molar-refractivity contribution in [1.29, 1.82) is 0 Å². The third-order valence-corrected chi connectivity index (χ3v) is 4.22. The maximum atomic E-state index is 8.90. The van der Waals surface area contributed by atoms with Gasteiger partial charge in [-0.25, -0.2) is 0 Å². The van der Waals surface area contributed by atoms with Crippen molar-refractivity contribution in [1.82, 2.24) is 0 Å². The van der Waals surface area contributed by atoms with Gasteiger partial charge in [-0.3, -0.25) is 0 Å². The molecule has 0 aromatic carbocycles. The van der Waals surface area contributed by atoms with Crippen LogP contribution in [0.5, 0.6) is 0 Å². The molecule has 1 heterocycles. The summed E-state index contributed by atoms with van der Waals surface area (Å²) in [6.07, 6.45) is 2.55. The quantitative estimate of drug-likeness (QED) is 0.638. The molecule has 0 amide bonds. The van der Waals surface area contributed by atoms with E-state index in [4.69, 9.17) is 9.84 Å². The number of hydrogen-bond acceptors (Lipinski definition) is 2. The average molecular weight is 170 g/mol. The number of epoxide rings is 1. The minimum Gasteiger partial charge on any atom is -0.396 e. The number of fused-ring (bicyclic) bond motifs is 1. The lowest BCUT2D eigenvalue weighted by atomic mass is 9.74. The summed E-state index contributed by atoms with van der Waals surface area (Å²) in [7, 11) is 0. The smallest absolute Gasteiger partial charge is 0.0973 e. The normalized spacial score (nSPS) is 49.0. The molecule has 1 saturated carbocycles. The fourth-order valence-electron chi connectivity index (χ4n) is 2.69. The molecule has 1 aliphatic heterocycles. The van der Waals surface area contributed by atoms with Gasteiger partial charge in [0, 0.05) is 6.61 Å². The zero-order valence-electron chi connectivity index (χ0n) is 8.13. The molecule has 0 bridgehead atoms. The summed E-state index contributed by atoms with van der Waals surface area (Å²) in [5.74, 6) is 0.645. The lowest BCUT2D eigenvalue weighted by Gasteiger charge is -2.33. The van der Waals surface area contributed by atoms with E-state index in [1.807, 2.05) is 0 Å². The molecule has 0 radical (unpaired) electrons. The molecule has 2 aliphatic rings. The Kier molecular flexibility index (Phi) is 1.59. The fourth-order valence-corrected chi connectivity index (χ4v) is 2.69. The van der Waals surface area contributed by atoms with Gasteiger partial charge in [0.1, 0.15) is 0 Å². The minimum atomic E-state index is 0.118. The SMILES string of the molecule is CC1(C)[C@@H](CCO)C[C@H]2O[C@]21C. The van der Waals surface area contributed by atoms with Crippen molar-refractivity contribution in [2.45, 2.75) is 45.3 Å². The van der Waals surface area contributed by atoms with Crippen molar-refractivity contribution in [3.8, 4) is 0 Å². The molecule has 1 aliphatic carbocycles. The maximum absolute atomic E-state index is 8.90. The third kappa shape index (κ3) is 0.826. The second-order valence-corrected chi connectivity index (χ2v) is 4.88. The van der Waals surface area contributed by atoms with Gasteiger partial charge in [0.25, 0.3) is 0 Å². The van der Waals surface area contributed by atoms with E-state index in [0.717, 1.165) is 12.8 Å². The van der Waals surface area contributed by atoms with Crippen LogP contribution in [0.15, 0.2) is 0 Å². The van der Waals surface area contributed by atoms with Crippen molar-refractivity contribution in [2.75, 3.05) is 6.61 Å². The van der Waals surface area contributed by atoms with Gasteiger partial charge in [-0.05, 0) is 31.1 Å². The molecule has 2 heteroatoms. The molecule has 2 rings (SSSR count). The Balaban J connectivity index is 2.12. The van der Waals surface area contributed by atoms with Gasteiger partial charge in [-0.1, -0.05) is 13.8 Å². The van der Waals surface area contributed by atoms with E-state index < -0.39 is 0 Å². The first kappa shape index (κ1) is 8.52. The largest absolute Gasteiger partial charge is 0.396 e. The molecule has 2 fully saturated rings. The van der Waals surface area contributed by atoms with Gasteiger partial charge in [0.2, 0.25) is 0 Å². The highest BCUT2D eigenvalue weighted by Gasteiger charge is 2.69. The second kappa shape index (κ2) is 2.24. The Hall–Kier alpha value is -0.0800. The standard InChI is InChI=1S/C10H18O2/c1-9(2)7(4-5-11)6-8-10(9,3)12-8/h7-8,11H,4-6H2,1-3H3/t7-,8+,10+/m0/s1. The van der Waals surface area contributed by atoms with E-state index >= 15 is 0 Å². The van der Waals surface area contributed by atoms with E-state index in [9.17, 15) is 0 Å². The summed E-state index contributed by atoms with van der Waals surface area (Å²) in [4.78, 5) is 0. The van der Waals surface area contributed by atoms with Gasteiger partial charge in [0.05, 0.1) is 11.7 Å². The van der Waals surface area contributed by atoms with Crippen molar-refractivity contribution in [3.05, 3.63) is 0 Å². The van der Waals surface area contributed by atoms with Gasteiger partial charge < -0.3 is 9.84 Å².